The Labute approximate surface area is 159 Å². The van der Waals surface area contributed by atoms with Crippen molar-refractivity contribution in [2.75, 3.05) is 5.32 Å². The van der Waals surface area contributed by atoms with Crippen molar-refractivity contribution in [3.63, 3.8) is 0 Å². The third kappa shape index (κ3) is 4.23. The number of halogens is 1. The Morgan fingerprint density at radius 2 is 2.04 bits per heavy atom. The summed E-state index contributed by atoms with van der Waals surface area (Å²) in [7, 11) is 0. The standard InChI is InChI=1S/C18H13ClN4O2S/c1-11(16(24)21-14-8-7-13(10-20)15(19)9-14)26-18-23-22-17(25-18)12-5-3-2-4-6-12/h2-9,11H,1H3,(H,21,24). The number of aromatic nitrogens is 2. The molecule has 130 valence electrons. The molecule has 0 saturated carbocycles. The average molecular weight is 385 g/mol. The lowest BCUT2D eigenvalue weighted by Crippen LogP contribution is -2.22. The predicted molar refractivity (Wildman–Crippen MR) is 99.8 cm³/mol. The van der Waals surface area contributed by atoms with Crippen LogP contribution in [0.15, 0.2) is 58.2 Å². The molecule has 3 aromatic rings. The van der Waals surface area contributed by atoms with E-state index in [9.17, 15) is 4.79 Å². The summed E-state index contributed by atoms with van der Waals surface area (Å²) in [4.78, 5) is 12.3. The molecule has 1 amide bonds. The predicted octanol–water partition coefficient (Wildman–Crippen LogP) is 4.38. The second-order valence-electron chi connectivity index (χ2n) is 5.29. The Kier molecular flexibility index (Phi) is 5.56. The maximum atomic E-state index is 12.3. The van der Waals surface area contributed by atoms with Crippen molar-refractivity contribution in [2.45, 2.75) is 17.4 Å². The summed E-state index contributed by atoms with van der Waals surface area (Å²) in [6.45, 7) is 1.73. The van der Waals surface area contributed by atoms with Gasteiger partial charge in [0.05, 0.1) is 15.8 Å². The van der Waals surface area contributed by atoms with Gasteiger partial charge in [-0.05, 0) is 37.3 Å². The molecule has 1 unspecified atom stereocenters. The number of hydrogen-bond donors (Lipinski definition) is 1. The van der Waals surface area contributed by atoms with Crippen LogP contribution in [0.1, 0.15) is 12.5 Å². The van der Waals surface area contributed by atoms with Gasteiger partial charge in [0.25, 0.3) is 5.22 Å². The molecule has 0 fully saturated rings. The van der Waals surface area contributed by atoms with Crippen LogP contribution in [0.5, 0.6) is 0 Å². The third-order valence-corrected chi connectivity index (χ3v) is 4.68. The topological polar surface area (TPSA) is 91.8 Å². The first-order chi connectivity index (χ1) is 12.6. The number of nitrogens with zero attached hydrogens (tertiary/aromatic N) is 3. The summed E-state index contributed by atoms with van der Waals surface area (Å²) >= 11 is 7.13. The number of nitrogens with one attached hydrogen (secondary N) is 1. The van der Waals surface area contributed by atoms with E-state index in [2.05, 4.69) is 15.5 Å². The molecule has 2 aromatic carbocycles. The molecule has 26 heavy (non-hydrogen) atoms. The number of amides is 1. The highest BCUT2D eigenvalue weighted by molar-refractivity contribution is 8.00. The largest absolute Gasteiger partial charge is 0.411 e. The molecule has 0 aliphatic carbocycles. The van der Waals surface area contributed by atoms with Crippen LogP contribution >= 0.6 is 23.4 Å². The average Bonchev–Trinajstić information content (AvgIpc) is 3.11. The van der Waals surface area contributed by atoms with Crippen LogP contribution < -0.4 is 5.32 Å². The number of hydrogen-bond acceptors (Lipinski definition) is 6. The molecule has 6 nitrogen and oxygen atoms in total. The van der Waals surface area contributed by atoms with Crippen molar-refractivity contribution in [3.05, 3.63) is 59.1 Å². The molecular formula is C18H13ClN4O2S. The summed E-state index contributed by atoms with van der Waals surface area (Å²) < 4.78 is 5.59. The second kappa shape index (κ2) is 8.04. The number of carbonyl (C=O) groups is 1. The Morgan fingerprint density at radius 3 is 2.73 bits per heavy atom. The van der Waals surface area contributed by atoms with Gasteiger partial charge in [0.1, 0.15) is 6.07 Å². The number of thioether (sulfide) groups is 1. The number of nitriles is 1. The molecule has 0 aliphatic rings. The highest BCUT2D eigenvalue weighted by Gasteiger charge is 2.19. The molecule has 0 aliphatic heterocycles. The molecule has 8 heteroatoms. The quantitative estimate of drug-likeness (QED) is 0.656. The Bertz CT molecular complexity index is 969. The van der Waals surface area contributed by atoms with E-state index < -0.39 is 5.25 Å². The summed E-state index contributed by atoms with van der Waals surface area (Å²) in [5.41, 5.74) is 1.68. The summed E-state index contributed by atoms with van der Waals surface area (Å²) in [5.74, 6) is 0.162. The summed E-state index contributed by atoms with van der Waals surface area (Å²) in [6.07, 6.45) is 0. The first-order valence-corrected chi connectivity index (χ1v) is 8.88. The van der Waals surface area contributed by atoms with Gasteiger partial charge in [0.15, 0.2) is 0 Å². The normalized spacial score (nSPS) is 11.6. The van der Waals surface area contributed by atoms with E-state index >= 15 is 0 Å². The number of anilines is 1. The van der Waals surface area contributed by atoms with Crippen LogP contribution in [0.3, 0.4) is 0 Å². The molecule has 0 radical (unpaired) electrons. The van der Waals surface area contributed by atoms with E-state index in [-0.39, 0.29) is 10.9 Å². The Morgan fingerprint density at radius 1 is 1.27 bits per heavy atom. The first kappa shape index (κ1) is 18.0. The van der Waals surface area contributed by atoms with Gasteiger partial charge < -0.3 is 9.73 Å². The lowest BCUT2D eigenvalue weighted by molar-refractivity contribution is -0.115. The van der Waals surface area contributed by atoms with Gasteiger partial charge >= 0.3 is 0 Å². The monoisotopic (exact) mass is 384 g/mol. The maximum absolute atomic E-state index is 12.3. The molecule has 0 bridgehead atoms. The molecule has 3 rings (SSSR count). The van der Waals surface area contributed by atoms with Crippen LogP contribution in [0, 0.1) is 11.3 Å². The van der Waals surface area contributed by atoms with Gasteiger partial charge in [-0.15, -0.1) is 10.2 Å². The molecule has 0 spiro atoms. The lowest BCUT2D eigenvalue weighted by Gasteiger charge is -2.10. The number of carbonyl (C=O) groups excluding carboxylic acids is 1. The van der Waals surface area contributed by atoms with E-state index in [1.807, 2.05) is 36.4 Å². The van der Waals surface area contributed by atoms with Crippen molar-refractivity contribution in [3.8, 4) is 17.5 Å². The highest BCUT2D eigenvalue weighted by atomic mass is 35.5. The van der Waals surface area contributed by atoms with Crippen molar-refractivity contribution in [2.24, 2.45) is 0 Å². The minimum Gasteiger partial charge on any atom is -0.411 e. The van der Waals surface area contributed by atoms with Crippen LogP contribution in [0.25, 0.3) is 11.5 Å². The number of rotatable bonds is 5. The molecule has 1 atom stereocenters. The van der Waals surface area contributed by atoms with Gasteiger partial charge in [0.2, 0.25) is 11.8 Å². The van der Waals surface area contributed by atoms with Gasteiger partial charge in [-0.2, -0.15) is 5.26 Å². The Balaban J connectivity index is 1.64. The fourth-order valence-corrected chi connectivity index (χ4v) is 2.99. The van der Waals surface area contributed by atoms with Crippen LogP contribution in [-0.4, -0.2) is 21.4 Å². The lowest BCUT2D eigenvalue weighted by atomic mass is 10.2. The van der Waals surface area contributed by atoms with Gasteiger partial charge in [-0.25, -0.2) is 0 Å². The minimum absolute atomic E-state index is 0.241. The smallest absolute Gasteiger partial charge is 0.277 e. The maximum Gasteiger partial charge on any atom is 0.277 e. The fraction of sp³-hybridized carbons (Fsp3) is 0.111. The van der Waals surface area contributed by atoms with E-state index in [4.69, 9.17) is 21.3 Å². The zero-order valence-corrected chi connectivity index (χ0v) is 15.2. The molecule has 0 saturated heterocycles. The van der Waals surface area contributed by atoms with Crippen molar-refractivity contribution < 1.29 is 9.21 Å². The summed E-state index contributed by atoms with van der Waals surface area (Å²) in [5, 5.41) is 19.7. The molecule has 1 N–H and O–H groups in total. The fourth-order valence-electron chi connectivity index (χ4n) is 2.09. The van der Waals surface area contributed by atoms with Crippen molar-refractivity contribution >= 4 is 35.0 Å². The Hall–Kier alpha value is -2.82. The van der Waals surface area contributed by atoms with Gasteiger partial charge in [0, 0.05) is 11.3 Å². The number of benzene rings is 2. The van der Waals surface area contributed by atoms with Gasteiger partial charge in [-0.3, -0.25) is 4.79 Å². The molecule has 1 aromatic heterocycles. The highest BCUT2D eigenvalue weighted by Crippen LogP contribution is 2.27. The van der Waals surface area contributed by atoms with Crippen LogP contribution in [-0.2, 0) is 4.79 Å². The first-order valence-electron chi connectivity index (χ1n) is 7.63. The van der Waals surface area contributed by atoms with Crippen molar-refractivity contribution in [1.82, 2.24) is 10.2 Å². The van der Waals surface area contributed by atoms with Crippen LogP contribution in [0.2, 0.25) is 5.02 Å². The van der Waals surface area contributed by atoms with Crippen molar-refractivity contribution in [1.29, 1.82) is 5.26 Å². The van der Waals surface area contributed by atoms with Gasteiger partial charge in [-0.1, -0.05) is 41.6 Å². The molecular weight excluding hydrogens is 372 g/mol. The SMILES string of the molecule is CC(Sc1nnc(-c2ccccc2)o1)C(=O)Nc1ccc(C#N)c(Cl)c1. The van der Waals surface area contributed by atoms with E-state index in [1.54, 1.807) is 19.1 Å². The summed E-state index contributed by atoms with van der Waals surface area (Å²) in [6, 6.07) is 16.1. The second-order valence-corrected chi connectivity index (χ2v) is 6.99. The van der Waals surface area contributed by atoms with E-state index in [0.29, 0.717) is 22.4 Å². The van der Waals surface area contributed by atoms with Crippen LogP contribution in [0.4, 0.5) is 5.69 Å². The van der Waals surface area contributed by atoms with E-state index in [0.717, 1.165) is 17.3 Å². The zero-order chi connectivity index (χ0) is 18.5. The zero-order valence-electron chi connectivity index (χ0n) is 13.6. The molecule has 1 heterocycles. The third-order valence-electron chi connectivity index (χ3n) is 3.43. The van der Waals surface area contributed by atoms with E-state index in [1.165, 1.54) is 6.07 Å². The minimum atomic E-state index is -0.464.